The molecule has 0 aromatic carbocycles. The molecule has 0 unspecified atom stereocenters. The molecular formula is C10H18O. The second-order valence-electron chi connectivity index (χ2n) is 1.51. The van der Waals surface area contributed by atoms with Gasteiger partial charge in [-0.3, -0.25) is 0 Å². The molecule has 1 nitrogen and oxygen atoms in total. The molecule has 0 rings (SSSR count). The molecule has 1 heteroatoms. The molecule has 0 aliphatic carbocycles. The van der Waals surface area contributed by atoms with Gasteiger partial charge in [0, 0.05) is 0 Å². The second kappa shape index (κ2) is 11.8. The van der Waals surface area contributed by atoms with Gasteiger partial charge in [0.05, 0.1) is 7.11 Å². The Morgan fingerprint density at radius 1 is 1.36 bits per heavy atom. The van der Waals surface area contributed by atoms with Crippen LogP contribution in [0.15, 0.2) is 36.6 Å². The number of rotatable bonds is 3. The first-order chi connectivity index (χ1) is 5.35. The Morgan fingerprint density at radius 3 is 2.18 bits per heavy atom. The fourth-order valence-corrected chi connectivity index (χ4v) is 0.472. The van der Waals surface area contributed by atoms with E-state index in [0.717, 1.165) is 5.76 Å². The summed E-state index contributed by atoms with van der Waals surface area (Å²) in [6, 6.07) is 0. The first-order valence-corrected chi connectivity index (χ1v) is 3.84. The summed E-state index contributed by atoms with van der Waals surface area (Å²) in [5, 5.41) is 0. The highest BCUT2D eigenvalue weighted by Crippen LogP contribution is 1.96. The van der Waals surface area contributed by atoms with Gasteiger partial charge in [0.15, 0.2) is 0 Å². The molecule has 0 aromatic heterocycles. The Bertz CT molecular complexity index is 132. The smallest absolute Gasteiger partial charge is 0.118 e. The molecular weight excluding hydrogens is 136 g/mol. The first kappa shape index (κ1) is 12.7. The highest BCUT2D eigenvalue weighted by atomic mass is 16.5. The average molecular weight is 154 g/mol. The molecule has 0 amide bonds. The quantitative estimate of drug-likeness (QED) is 0.447. The molecule has 64 valence electrons. The summed E-state index contributed by atoms with van der Waals surface area (Å²) in [7, 11) is 1.63. The summed E-state index contributed by atoms with van der Waals surface area (Å²) in [6.45, 7) is 9.48. The Hall–Kier alpha value is -0.980. The van der Waals surface area contributed by atoms with Crippen LogP contribution in [0.5, 0.6) is 0 Å². The Balaban J connectivity index is 0. The Kier molecular flexibility index (Phi) is 13.6. The number of hydrogen-bond donors (Lipinski definition) is 0. The van der Waals surface area contributed by atoms with Gasteiger partial charge in [0.1, 0.15) is 5.76 Å². The molecule has 0 atom stereocenters. The SMILES string of the molecule is C=C/C=C(\C=C/C)OC.CC. The van der Waals surface area contributed by atoms with Crippen molar-refractivity contribution in [1.82, 2.24) is 0 Å². The maximum absolute atomic E-state index is 4.93. The topological polar surface area (TPSA) is 9.23 Å². The third-order valence-electron chi connectivity index (χ3n) is 0.849. The van der Waals surface area contributed by atoms with Gasteiger partial charge in [-0.25, -0.2) is 0 Å². The fourth-order valence-electron chi connectivity index (χ4n) is 0.472. The van der Waals surface area contributed by atoms with Crippen LogP contribution in [0.2, 0.25) is 0 Å². The van der Waals surface area contributed by atoms with E-state index in [9.17, 15) is 0 Å². The van der Waals surface area contributed by atoms with E-state index in [1.165, 1.54) is 0 Å². The minimum atomic E-state index is 0.826. The molecule has 0 aliphatic heterocycles. The van der Waals surface area contributed by atoms with Crippen LogP contribution in [0.4, 0.5) is 0 Å². The van der Waals surface area contributed by atoms with E-state index < -0.39 is 0 Å². The van der Waals surface area contributed by atoms with Crippen LogP contribution >= 0.6 is 0 Å². The zero-order valence-corrected chi connectivity index (χ0v) is 7.92. The fraction of sp³-hybridized carbons (Fsp3) is 0.400. The van der Waals surface area contributed by atoms with Gasteiger partial charge in [0.2, 0.25) is 0 Å². The van der Waals surface area contributed by atoms with E-state index in [1.807, 2.05) is 32.9 Å². The lowest BCUT2D eigenvalue weighted by atomic mass is 10.4. The van der Waals surface area contributed by atoms with E-state index in [-0.39, 0.29) is 0 Å². The monoisotopic (exact) mass is 154 g/mol. The predicted molar refractivity (Wildman–Crippen MR) is 51.5 cm³/mol. The highest BCUT2D eigenvalue weighted by Gasteiger charge is 1.81. The summed E-state index contributed by atoms with van der Waals surface area (Å²) in [5.41, 5.74) is 0. The van der Waals surface area contributed by atoms with Gasteiger partial charge < -0.3 is 4.74 Å². The van der Waals surface area contributed by atoms with E-state index in [1.54, 1.807) is 19.3 Å². The van der Waals surface area contributed by atoms with Crippen molar-refractivity contribution in [1.29, 1.82) is 0 Å². The van der Waals surface area contributed by atoms with E-state index in [0.29, 0.717) is 0 Å². The second-order valence-corrected chi connectivity index (χ2v) is 1.51. The van der Waals surface area contributed by atoms with Gasteiger partial charge in [-0.15, -0.1) is 0 Å². The Labute approximate surface area is 70.1 Å². The van der Waals surface area contributed by atoms with Crippen LogP contribution in [0.1, 0.15) is 20.8 Å². The number of methoxy groups -OCH3 is 1. The molecule has 0 aromatic rings. The van der Waals surface area contributed by atoms with Crippen molar-refractivity contribution in [2.75, 3.05) is 7.11 Å². The largest absolute Gasteiger partial charge is 0.497 e. The molecule has 0 N–H and O–H groups in total. The van der Waals surface area contributed by atoms with Crippen molar-refractivity contribution in [3.8, 4) is 0 Å². The summed E-state index contributed by atoms with van der Waals surface area (Å²) < 4.78 is 4.93. The van der Waals surface area contributed by atoms with Gasteiger partial charge in [0.25, 0.3) is 0 Å². The van der Waals surface area contributed by atoms with Crippen LogP contribution in [-0.2, 0) is 4.74 Å². The van der Waals surface area contributed by atoms with Crippen LogP contribution in [-0.4, -0.2) is 7.11 Å². The number of ether oxygens (including phenoxy) is 1. The van der Waals surface area contributed by atoms with Crippen molar-refractivity contribution < 1.29 is 4.74 Å². The van der Waals surface area contributed by atoms with Gasteiger partial charge in [-0.2, -0.15) is 0 Å². The lowest BCUT2D eigenvalue weighted by Gasteiger charge is -1.95. The van der Waals surface area contributed by atoms with Crippen molar-refractivity contribution in [2.24, 2.45) is 0 Å². The minimum Gasteiger partial charge on any atom is -0.497 e. The standard InChI is InChI=1S/C8H12O.C2H6/c1-4-6-8(9-3)7-5-2;1-2/h4-7H,1H2,2-3H3;1-2H3/b7-5-,8-6+;. The van der Waals surface area contributed by atoms with Crippen molar-refractivity contribution in [2.45, 2.75) is 20.8 Å². The van der Waals surface area contributed by atoms with Gasteiger partial charge >= 0.3 is 0 Å². The average Bonchev–Trinajstić information content (AvgIpc) is 2.08. The molecule has 0 saturated heterocycles. The molecule has 0 aliphatic rings. The van der Waals surface area contributed by atoms with Crippen molar-refractivity contribution >= 4 is 0 Å². The zero-order chi connectivity index (χ0) is 9.11. The summed E-state index contributed by atoms with van der Waals surface area (Å²) in [4.78, 5) is 0. The molecule has 0 bridgehead atoms. The minimum absolute atomic E-state index is 0.826. The van der Waals surface area contributed by atoms with E-state index in [2.05, 4.69) is 6.58 Å². The van der Waals surface area contributed by atoms with Crippen LogP contribution in [0.3, 0.4) is 0 Å². The van der Waals surface area contributed by atoms with E-state index in [4.69, 9.17) is 4.74 Å². The molecule has 0 spiro atoms. The highest BCUT2D eigenvalue weighted by molar-refractivity contribution is 5.16. The number of allylic oxidation sites excluding steroid dienone is 4. The third-order valence-corrected chi connectivity index (χ3v) is 0.849. The zero-order valence-electron chi connectivity index (χ0n) is 7.92. The third kappa shape index (κ3) is 9.02. The number of hydrogen-bond acceptors (Lipinski definition) is 1. The van der Waals surface area contributed by atoms with E-state index >= 15 is 0 Å². The normalized spacial score (nSPS) is 10.4. The predicted octanol–water partition coefficient (Wildman–Crippen LogP) is 3.31. The van der Waals surface area contributed by atoms with Crippen molar-refractivity contribution in [3.63, 3.8) is 0 Å². The lowest BCUT2D eigenvalue weighted by molar-refractivity contribution is 0.307. The lowest BCUT2D eigenvalue weighted by Crippen LogP contribution is -1.78. The first-order valence-electron chi connectivity index (χ1n) is 3.84. The van der Waals surface area contributed by atoms with Gasteiger partial charge in [-0.1, -0.05) is 32.6 Å². The van der Waals surface area contributed by atoms with Gasteiger partial charge in [-0.05, 0) is 19.1 Å². The maximum Gasteiger partial charge on any atom is 0.118 e. The Morgan fingerprint density at radius 2 is 1.91 bits per heavy atom. The summed E-state index contributed by atoms with van der Waals surface area (Å²) in [5.74, 6) is 0.826. The summed E-state index contributed by atoms with van der Waals surface area (Å²) in [6.07, 6.45) is 7.29. The van der Waals surface area contributed by atoms with Crippen molar-refractivity contribution in [3.05, 3.63) is 36.6 Å². The molecule has 0 radical (unpaired) electrons. The molecule has 11 heavy (non-hydrogen) atoms. The molecule has 0 fully saturated rings. The van der Waals surface area contributed by atoms with Crippen LogP contribution in [0, 0.1) is 0 Å². The summed E-state index contributed by atoms with van der Waals surface area (Å²) >= 11 is 0. The van der Waals surface area contributed by atoms with Crippen LogP contribution < -0.4 is 0 Å². The molecule has 0 saturated carbocycles. The van der Waals surface area contributed by atoms with Crippen LogP contribution in [0.25, 0.3) is 0 Å². The molecule has 0 heterocycles. The maximum atomic E-state index is 4.93.